The van der Waals surface area contributed by atoms with Crippen LogP contribution in [-0.4, -0.2) is 29.9 Å². The molecule has 3 rings (SSSR count). The first-order chi connectivity index (χ1) is 12.4. The van der Waals surface area contributed by atoms with Crippen LogP contribution in [0.5, 0.6) is 17.2 Å². The number of phenols is 1. The van der Waals surface area contributed by atoms with Crippen LogP contribution in [0.2, 0.25) is 0 Å². The second kappa shape index (κ2) is 7.35. The fourth-order valence-corrected chi connectivity index (χ4v) is 2.40. The number of aryl methyl sites for hydroxylation is 1. The number of carbonyl (C=O) groups is 2. The van der Waals surface area contributed by atoms with Gasteiger partial charge in [0.05, 0.1) is 5.56 Å². The second-order valence-corrected chi connectivity index (χ2v) is 5.95. The fraction of sp³-hybridized carbons (Fsp3) is 0.263. The van der Waals surface area contributed by atoms with Gasteiger partial charge in [0.1, 0.15) is 5.75 Å². The Morgan fingerprint density at radius 3 is 2.73 bits per heavy atom. The zero-order chi connectivity index (χ0) is 18.7. The monoisotopic (exact) mass is 357 g/mol. The Kier molecular flexibility index (Phi) is 4.97. The Labute approximate surface area is 150 Å². The molecule has 0 fully saturated rings. The normalized spacial score (nSPS) is 13.2. The summed E-state index contributed by atoms with van der Waals surface area (Å²) in [7, 11) is 0. The molecule has 136 valence electrons. The topological polar surface area (TPSA) is 94.1 Å². The molecule has 1 atom stereocenters. The number of benzene rings is 2. The van der Waals surface area contributed by atoms with Gasteiger partial charge < -0.3 is 24.6 Å². The van der Waals surface area contributed by atoms with E-state index in [9.17, 15) is 14.7 Å². The number of hydrogen-bond acceptors (Lipinski definition) is 6. The van der Waals surface area contributed by atoms with Crippen LogP contribution in [0.25, 0.3) is 0 Å². The third kappa shape index (κ3) is 3.88. The van der Waals surface area contributed by atoms with Crippen LogP contribution in [-0.2, 0) is 16.1 Å². The zero-order valence-electron chi connectivity index (χ0n) is 14.4. The van der Waals surface area contributed by atoms with Crippen LogP contribution >= 0.6 is 0 Å². The summed E-state index contributed by atoms with van der Waals surface area (Å²) < 4.78 is 15.7. The van der Waals surface area contributed by atoms with Crippen molar-refractivity contribution < 1.29 is 28.9 Å². The van der Waals surface area contributed by atoms with Crippen LogP contribution in [0.4, 0.5) is 0 Å². The van der Waals surface area contributed by atoms with E-state index in [4.69, 9.17) is 14.2 Å². The standard InChI is InChI=1S/C19H19NO6/c1-11-3-5-14(8-15(11)21)19(23)26-12(2)18(22)20-9-13-4-6-16-17(7-13)25-10-24-16/h3-8,12,21H,9-10H2,1-2H3,(H,20,22)/t12-/m0/s1. The molecule has 26 heavy (non-hydrogen) atoms. The van der Waals surface area contributed by atoms with Gasteiger partial charge in [0.2, 0.25) is 6.79 Å². The summed E-state index contributed by atoms with van der Waals surface area (Å²) in [6.45, 7) is 3.66. The molecule has 0 bridgehead atoms. The number of phenolic OH excluding ortho intramolecular Hbond substituents is 1. The maximum Gasteiger partial charge on any atom is 0.339 e. The molecular formula is C19H19NO6. The lowest BCUT2D eigenvalue weighted by Crippen LogP contribution is -2.35. The van der Waals surface area contributed by atoms with Gasteiger partial charge in [-0.3, -0.25) is 4.79 Å². The molecule has 0 unspecified atom stereocenters. The Hall–Kier alpha value is -3.22. The highest BCUT2D eigenvalue weighted by atomic mass is 16.7. The summed E-state index contributed by atoms with van der Waals surface area (Å²) in [5.41, 5.74) is 1.67. The van der Waals surface area contributed by atoms with E-state index in [-0.39, 0.29) is 24.7 Å². The molecule has 7 heteroatoms. The summed E-state index contributed by atoms with van der Waals surface area (Å²) in [4.78, 5) is 24.2. The molecule has 0 saturated heterocycles. The third-order valence-electron chi connectivity index (χ3n) is 4.00. The Morgan fingerprint density at radius 1 is 1.19 bits per heavy atom. The maximum absolute atomic E-state index is 12.1. The first-order valence-corrected chi connectivity index (χ1v) is 8.11. The van der Waals surface area contributed by atoms with Gasteiger partial charge in [0.15, 0.2) is 17.6 Å². The van der Waals surface area contributed by atoms with E-state index < -0.39 is 18.0 Å². The number of esters is 1. The Balaban J connectivity index is 1.54. The molecule has 1 aliphatic rings. The molecule has 0 spiro atoms. The van der Waals surface area contributed by atoms with Crippen LogP contribution < -0.4 is 14.8 Å². The van der Waals surface area contributed by atoms with E-state index >= 15 is 0 Å². The lowest BCUT2D eigenvalue weighted by molar-refractivity contribution is -0.129. The highest BCUT2D eigenvalue weighted by molar-refractivity contribution is 5.92. The molecule has 1 heterocycles. The van der Waals surface area contributed by atoms with Gasteiger partial charge in [-0.25, -0.2) is 4.79 Å². The van der Waals surface area contributed by atoms with Crippen molar-refractivity contribution in [2.45, 2.75) is 26.5 Å². The fourth-order valence-electron chi connectivity index (χ4n) is 2.40. The average Bonchev–Trinajstić information content (AvgIpc) is 3.09. The highest BCUT2D eigenvalue weighted by Crippen LogP contribution is 2.32. The summed E-state index contributed by atoms with van der Waals surface area (Å²) >= 11 is 0. The van der Waals surface area contributed by atoms with Crippen molar-refractivity contribution in [3.63, 3.8) is 0 Å². The van der Waals surface area contributed by atoms with Crippen molar-refractivity contribution in [1.29, 1.82) is 0 Å². The summed E-state index contributed by atoms with van der Waals surface area (Å²) in [5.74, 6) is 0.205. The zero-order valence-corrected chi connectivity index (χ0v) is 14.4. The van der Waals surface area contributed by atoms with Crippen molar-refractivity contribution in [1.82, 2.24) is 5.32 Å². The van der Waals surface area contributed by atoms with Crippen molar-refractivity contribution in [3.8, 4) is 17.2 Å². The lowest BCUT2D eigenvalue weighted by atomic mass is 10.1. The number of nitrogens with one attached hydrogen (secondary N) is 1. The lowest BCUT2D eigenvalue weighted by Gasteiger charge is -2.14. The molecule has 0 aromatic heterocycles. The van der Waals surface area contributed by atoms with Crippen LogP contribution in [0.3, 0.4) is 0 Å². The summed E-state index contributed by atoms with van der Waals surface area (Å²) in [6, 6.07) is 9.84. The Morgan fingerprint density at radius 2 is 1.96 bits per heavy atom. The molecule has 7 nitrogen and oxygen atoms in total. The number of hydrogen-bond donors (Lipinski definition) is 2. The van der Waals surface area contributed by atoms with Gasteiger partial charge >= 0.3 is 5.97 Å². The van der Waals surface area contributed by atoms with E-state index in [1.165, 1.54) is 19.1 Å². The van der Waals surface area contributed by atoms with Crippen molar-refractivity contribution in [3.05, 3.63) is 53.1 Å². The SMILES string of the molecule is Cc1ccc(C(=O)O[C@@H](C)C(=O)NCc2ccc3c(c2)OCO3)cc1O. The predicted octanol–water partition coefficient (Wildman–Crippen LogP) is 2.29. The van der Waals surface area contributed by atoms with Crippen molar-refractivity contribution in [2.24, 2.45) is 0 Å². The van der Waals surface area contributed by atoms with E-state index in [1.807, 2.05) is 6.07 Å². The van der Waals surface area contributed by atoms with Gasteiger partial charge in [-0.2, -0.15) is 0 Å². The largest absolute Gasteiger partial charge is 0.508 e. The van der Waals surface area contributed by atoms with E-state index in [0.717, 1.165) is 5.56 Å². The first-order valence-electron chi connectivity index (χ1n) is 8.11. The summed E-state index contributed by atoms with van der Waals surface area (Å²) in [5, 5.41) is 12.4. The van der Waals surface area contributed by atoms with E-state index in [2.05, 4.69) is 5.32 Å². The highest BCUT2D eigenvalue weighted by Gasteiger charge is 2.20. The van der Waals surface area contributed by atoms with Crippen LogP contribution in [0.15, 0.2) is 36.4 Å². The van der Waals surface area contributed by atoms with Gasteiger partial charge in [-0.15, -0.1) is 0 Å². The third-order valence-corrected chi connectivity index (χ3v) is 4.00. The molecule has 2 N–H and O–H groups in total. The first kappa shape index (κ1) is 17.6. The molecular weight excluding hydrogens is 338 g/mol. The molecule has 0 radical (unpaired) electrons. The number of carbonyl (C=O) groups excluding carboxylic acids is 2. The minimum atomic E-state index is -0.972. The van der Waals surface area contributed by atoms with Gasteiger partial charge in [-0.1, -0.05) is 12.1 Å². The van der Waals surface area contributed by atoms with Crippen LogP contribution in [0.1, 0.15) is 28.4 Å². The summed E-state index contributed by atoms with van der Waals surface area (Å²) in [6.07, 6.45) is -0.972. The number of ether oxygens (including phenoxy) is 3. The quantitative estimate of drug-likeness (QED) is 0.798. The molecule has 2 aromatic rings. The molecule has 1 aliphatic heterocycles. The number of rotatable bonds is 5. The minimum absolute atomic E-state index is 0.000590. The van der Waals surface area contributed by atoms with Crippen molar-refractivity contribution >= 4 is 11.9 Å². The molecule has 0 aliphatic carbocycles. The van der Waals surface area contributed by atoms with Crippen molar-refractivity contribution in [2.75, 3.05) is 6.79 Å². The smallest absolute Gasteiger partial charge is 0.339 e. The molecule has 2 aromatic carbocycles. The average molecular weight is 357 g/mol. The van der Waals surface area contributed by atoms with E-state index in [1.54, 1.807) is 25.1 Å². The second-order valence-electron chi connectivity index (χ2n) is 5.95. The number of aromatic hydroxyl groups is 1. The van der Waals surface area contributed by atoms with E-state index in [0.29, 0.717) is 17.1 Å². The predicted molar refractivity (Wildman–Crippen MR) is 92.1 cm³/mol. The molecule has 1 amide bonds. The van der Waals surface area contributed by atoms with Gasteiger partial charge in [-0.05, 0) is 49.2 Å². The maximum atomic E-state index is 12.1. The van der Waals surface area contributed by atoms with Gasteiger partial charge in [0.25, 0.3) is 5.91 Å². The van der Waals surface area contributed by atoms with Crippen LogP contribution in [0, 0.1) is 6.92 Å². The minimum Gasteiger partial charge on any atom is -0.508 e. The molecule has 0 saturated carbocycles. The number of amides is 1. The van der Waals surface area contributed by atoms with Gasteiger partial charge in [0, 0.05) is 6.54 Å². The Bertz CT molecular complexity index is 848. The number of fused-ring (bicyclic) bond motifs is 1.